The number of hydrogen-bond acceptors (Lipinski definition) is 5. The highest BCUT2D eigenvalue weighted by Crippen LogP contribution is 2.17. The van der Waals surface area contributed by atoms with E-state index < -0.39 is 15.9 Å². The summed E-state index contributed by atoms with van der Waals surface area (Å²) >= 11 is 5.88. The fourth-order valence-corrected chi connectivity index (χ4v) is 4.49. The lowest BCUT2D eigenvalue weighted by molar-refractivity contribution is 0.0923. The molecule has 0 atom stereocenters. The smallest absolute Gasteiger partial charge is 0.287 e. The number of fused-ring (bicyclic) bond motifs is 1. The van der Waals surface area contributed by atoms with Gasteiger partial charge in [0.25, 0.3) is 5.91 Å². The zero-order chi connectivity index (χ0) is 21.9. The molecule has 0 unspecified atom stereocenters. The number of carbonyl (C=O) groups is 1. The van der Waals surface area contributed by atoms with Crippen LogP contribution in [0.5, 0.6) is 0 Å². The van der Waals surface area contributed by atoms with Gasteiger partial charge in [-0.3, -0.25) is 9.59 Å². The minimum Gasteiger partial charge on any atom is -0.451 e. The number of carbonyl (C=O) groups excluding carboxylic acids is 1. The lowest BCUT2D eigenvalue weighted by Crippen LogP contribution is -2.31. The summed E-state index contributed by atoms with van der Waals surface area (Å²) in [5, 5.41) is 3.39. The minimum atomic E-state index is -3.40. The molecule has 0 saturated heterocycles. The van der Waals surface area contributed by atoms with E-state index >= 15 is 0 Å². The topological polar surface area (TPSA) is 105 Å². The Balaban J connectivity index is 1.66. The van der Waals surface area contributed by atoms with E-state index in [1.165, 1.54) is 12.1 Å². The third kappa shape index (κ3) is 5.69. The van der Waals surface area contributed by atoms with Gasteiger partial charge in [-0.1, -0.05) is 35.9 Å². The number of nitrogens with one attached hydrogen (secondary N) is 2. The van der Waals surface area contributed by atoms with Gasteiger partial charge in [-0.2, -0.15) is 0 Å². The maximum Gasteiger partial charge on any atom is 0.287 e. The van der Waals surface area contributed by atoms with Gasteiger partial charge in [0.1, 0.15) is 5.58 Å². The maximum absolute atomic E-state index is 12.4. The van der Waals surface area contributed by atoms with Crippen molar-refractivity contribution in [3.05, 3.63) is 80.7 Å². The van der Waals surface area contributed by atoms with Crippen LogP contribution in [0.3, 0.4) is 0 Å². The van der Waals surface area contributed by atoms with Gasteiger partial charge in [-0.25, -0.2) is 13.1 Å². The number of halogens is 1. The van der Waals surface area contributed by atoms with Crippen LogP contribution >= 0.6 is 11.6 Å². The molecule has 0 aliphatic rings. The van der Waals surface area contributed by atoms with Crippen molar-refractivity contribution in [2.75, 3.05) is 0 Å². The number of hydrogen-bond donors (Lipinski definition) is 2. The second-order valence-corrected chi connectivity index (χ2v) is 9.34. The van der Waals surface area contributed by atoms with E-state index in [0.717, 1.165) is 11.6 Å². The first kappa shape index (κ1) is 22.0. The zero-order valence-electron chi connectivity index (χ0n) is 16.4. The minimum absolute atomic E-state index is 0.0997. The van der Waals surface area contributed by atoms with Crippen molar-refractivity contribution in [3.8, 4) is 0 Å². The normalized spacial score (nSPS) is 11.7. The van der Waals surface area contributed by atoms with E-state index in [1.807, 2.05) is 0 Å². The summed E-state index contributed by atoms with van der Waals surface area (Å²) < 4.78 is 32.0. The molecule has 1 heterocycles. The van der Waals surface area contributed by atoms with E-state index in [1.54, 1.807) is 44.2 Å². The van der Waals surface area contributed by atoms with Gasteiger partial charge < -0.3 is 9.73 Å². The first-order chi connectivity index (χ1) is 14.1. The predicted octanol–water partition coefficient (Wildman–Crippen LogP) is 3.20. The van der Waals surface area contributed by atoms with Crippen molar-refractivity contribution in [1.82, 2.24) is 10.0 Å². The fraction of sp³-hybridized carbons (Fsp3) is 0.238. The van der Waals surface area contributed by atoms with E-state index in [0.29, 0.717) is 16.0 Å². The van der Waals surface area contributed by atoms with Gasteiger partial charge in [0.15, 0.2) is 11.2 Å². The van der Waals surface area contributed by atoms with Crippen LogP contribution in [0.25, 0.3) is 11.0 Å². The molecule has 0 aliphatic carbocycles. The Kier molecular flexibility index (Phi) is 6.60. The average Bonchev–Trinajstić information content (AvgIpc) is 2.66. The summed E-state index contributed by atoms with van der Waals surface area (Å²) in [6.45, 7) is 3.71. The van der Waals surface area contributed by atoms with Gasteiger partial charge in [0, 0.05) is 23.7 Å². The van der Waals surface area contributed by atoms with Crippen LogP contribution in [0.1, 0.15) is 35.5 Å². The first-order valence-corrected chi connectivity index (χ1v) is 11.3. The molecule has 3 rings (SSSR count). The van der Waals surface area contributed by atoms with Crippen LogP contribution in [0.4, 0.5) is 0 Å². The lowest BCUT2D eigenvalue weighted by Gasteiger charge is -2.10. The Bertz CT molecular complexity index is 1230. The molecule has 0 fully saturated rings. The molecule has 9 heteroatoms. The van der Waals surface area contributed by atoms with Gasteiger partial charge in [-0.15, -0.1) is 0 Å². The second-order valence-electron chi connectivity index (χ2n) is 7.15. The average molecular weight is 449 g/mol. The summed E-state index contributed by atoms with van der Waals surface area (Å²) in [5.74, 6) is -0.751. The van der Waals surface area contributed by atoms with Gasteiger partial charge in [-0.05, 0) is 43.2 Å². The Labute approximate surface area is 179 Å². The molecule has 0 saturated carbocycles. The van der Waals surface area contributed by atoms with E-state index in [4.69, 9.17) is 16.0 Å². The molecule has 0 spiro atoms. The third-order valence-electron chi connectivity index (χ3n) is 4.16. The largest absolute Gasteiger partial charge is 0.451 e. The highest BCUT2D eigenvalue weighted by molar-refractivity contribution is 7.88. The lowest BCUT2D eigenvalue weighted by atomic mass is 10.1. The van der Waals surface area contributed by atoms with Crippen molar-refractivity contribution in [2.24, 2.45) is 0 Å². The highest BCUT2D eigenvalue weighted by Gasteiger charge is 2.14. The quantitative estimate of drug-likeness (QED) is 0.577. The van der Waals surface area contributed by atoms with Crippen molar-refractivity contribution >= 4 is 38.5 Å². The van der Waals surface area contributed by atoms with Crippen LogP contribution in [0.15, 0.2) is 57.7 Å². The molecule has 158 valence electrons. The molecule has 1 aromatic heterocycles. The molecule has 0 radical (unpaired) electrons. The summed E-state index contributed by atoms with van der Waals surface area (Å²) in [6, 6.07) is 12.4. The van der Waals surface area contributed by atoms with Gasteiger partial charge in [0.2, 0.25) is 10.0 Å². The zero-order valence-corrected chi connectivity index (χ0v) is 18.0. The second kappa shape index (κ2) is 8.99. The summed E-state index contributed by atoms with van der Waals surface area (Å²) in [5.41, 5.74) is 1.33. The van der Waals surface area contributed by atoms with Crippen molar-refractivity contribution in [3.63, 3.8) is 0 Å². The number of sulfonamides is 1. The molecule has 3 aromatic rings. The Morgan fingerprint density at radius 2 is 1.73 bits per heavy atom. The van der Waals surface area contributed by atoms with Crippen molar-refractivity contribution in [1.29, 1.82) is 0 Å². The third-order valence-corrected chi connectivity index (χ3v) is 5.94. The summed E-state index contributed by atoms with van der Waals surface area (Å²) in [6.07, 6.45) is 0. The summed E-state index contributed by atoms with van der Waals surface area (Å²) in [4.78, 5) is 24.6. The standard InChI is InChI=1S/C21H21ClN2O5S/c1-13(2)24-30(27,28)12-15-5-3-14(4-6-15)11-23-21(26)20-10-18(25)17-9-16(22)7-8-19(17)29-20/h3-10,13,24H,11-12H2,1-2H3,(H,23,26). The number of amides is 1. The molecular weight excluding hydrogens is 428 g/mol. The van der Waals surface area contributed by atoms with Crippen LogP contribution in [0, 0.1) is 0 Å². The molecular formula is C21H21ClN2O5S. The Morgan fingerprint density at radius 1 is 1.07 bits per heavy atom. The first-order valence-electron chi connectivity index (χ1n) is 9.22. The fourth-order valence-electron chi connectivity index (χ4n) is 2.88. The summed E-state index contributed by atoms with van der Waals surface area (Å²) in [7, 11) is -3.40. The Morgan fingerprint density at radius 3 is 2.40 bits per heavy atom. The SMILES string of the molecule is CC(C)NS(=O)(=O)Cc1ccc(CNC(=O)c2cc(=O)c3cc(Cl)ccc3o2)cc1. The van der Waals surface area contributed by atoms with Gasteiger partial charge in [0.05, 0.1) is 11.1 Å². The molecule has 2 aromatic carbocycles. The van der Waals surface area contributed by atoms with Crippen LogP contribution in [0.2, 0.25) is 5.02 Å². The van der Waals surface area contributed by atoms with E-state index in [2.05, 4.69) is 10.0 Å². The van der Waals surface area contributed by atoms with Crippen LogP contribution in [-0.2, 0) is 22.3 Å². The van der Waals surface area contributed by atoms with Crippen LogP contribution in [-0.4, -0.2) is 20.4 Å². The van der Waals surface area contributed by atoms with E-state index in [-0.39, 0.29) is 35.1 Å². The molecule has 7 nitrogen and oxygen atoms in total. The van der Waals surface area contributed by atoms with Crippen molar-refractivity contribution in [2.45, 2.75) is 32.2 Å². The molecule has 2 N–H and O–H groups in total. The van der Waals surface area contributed by atoms with E-state index in [9.17, 15) is 18.0 Å². The number of rotatable bonds is 7. The van der Waals surface area contributed by atoms with Gasteiger partial charge >= 0.3 is 0 Å². The molecule has 1 amide bonds. The predicted molar refractivity (Wildman–Crippen MR) is 116 cm³/mol. The monoisotopic (exact) mass is 448 g/mol. The maximum atomic E-state index is 12.4. The molecule has 0 aliphatic heterocycles. The number of benzene rings is 2. The van der Waals surface area contributed by atoms with Crippen LogP contribution < -0.4 is 15.5 Å². The van der Waals surface area contributed by atoms with Crippen molar-refractivity contribution < 1.29 is 17.6 Å². The molecule has 30 heavy (non-hydrogen) atoms. The highest BCUT2D eigenvalue weighted by atomic mass is 35.5. The molecule has 0 bridgehead atoms. The Hall–Kier alpha value is -2.68.